The molecule has 3 heterocycles. The Hall–Kier alpha value is -3.93. The fourth-order valence-electron chi connectivity index (χ4n) is 5.47. The van der Waals surface area contributed by atoms with Crippen molar-refractivity contribution in [3.63, 3.8) is 0 Å². The van der Waals surface area contributed by atoms with E-state index >= 15 is 0 Å². The highest BCUT2D eigenvalue weighted by atomic mass is 16.1. The minimum atomic E-state index is -0.146. The van der Waals surface area contributed by atoms with Crippen LogP contribution in [0.5, 0.6) is 0 Å². The van der Waals surface area contributed by atoms with Crippen LogP contribution >= 0.6 is 0 Å². The van der Waals surface area contributed by atoms with Crippen molar-refractivity contribution in [3.05, 3.63) is 77.2 Å². The van der Waals surface area contributed by atoms with Crippen molar-refractivity contribution in [2.24, 2.45) is 0 Å². The second-order valence-corrected chi connectivity index (χ2v) is 9.78. The molecule has 1 aliphatic carbocycles. The minimum absolute atomic E-state index is 0.101. The van der Waals surface area contributed by atoms with Crippen LogP contribution in [0.2, 0.25) is 0 Å². The largest absolute Gasteiger partial charge is 0.380 e. The number of carbonyl (C=O) groups excluding carboxylic acids is 1. The number of hydrogen-bond acceptors (Lipinski definition) is 4. The predicted octanol–water partition coefficient (Wildman–Crippen LogP) is 6.07. The molecule has 6 heteroatoms. The summed E-state index contributed by atoms with van der Waals surface area (Å²) in [5, 5.41) is 10.2. The highest BCUT2D eigenvalue weighted by molar-refractivity contribution is 6.10. The van der Waals surface area contributed by atoms with Crippen LogP contribution in [0.4, 0.5) is 5.69 Å². The van der Waals surface area contributed by atoms with Crippen LogP contribution in [0.25, 0.3) is 32.7 Å². The quantitative estimate of drug-likeness (QED) is 0.277. The van der Waals surface area contributed by atoms with Crippen molar-refractivity contribution >= 4 is 44.3 Å². The lowest BCUT2D eigenvalue weighted by Gasteiger charge is -2.25. The Balaban J connectivity index is 1.25. The zero-order valence-electron chi connectivity index (χ0n) is 20.8. The molecule has 6 nitrogen and oxygen atoms in total. The molecule has 0 saturated carbocycles. The van der Waals surface area contributed by atoms with Gasteiger partial charge in [-0.05, 0) is 62.8 Å². The Bertz CT molecular complexity index is 1600. The van der Waals surface area contributed by atoms with Crippen LogP contribution in [0.15, 0.2) is 54.6 Å². The third-order valence-corrected chi connectivity index (χ3v) is 7.43. The number of aryl methyl sites for hydroxylation is 2. The number of nitrogens with one attached hydrogen (secondary N) is 3. The third-order valence-electron chi connectivity index (χ3n) is 7.43. The summed E-state index contributed by atoms with van der Waals surface area (Å²) in [5.74, 6) is -0.146. The number of amides is 1. The lowest BCUT2D eigenvalue weighted by molar-refractivity contribution is 0.0947. The fraction of sp³-hybridized carbons (Fsp3) is 0.300. The number of hydrogen-bond donors (Lipinski definition) is 3. The van der Waals surface area contributed by atoms with Crippen LogP contribution in [0.1, 0.15) is 53.6 Å². The molecule has 36 heavy (non-hydrogen) atoms. The van der Waals surface area contributed by atoms with Gasteiger partial charge in [-0.2, -0.15) is 0 Å². The van der Waals surface area contributed by atoms with Crippen LogP contribution < -0.4 is 10.6 Å². The number of rotatable bonds is 6. The minimum Gasteiger partial charge on any atom is -0.380 e. The van der Waals surface area contributed by atoms with Gasteiger partial charge in [-0.25, -0.2) is 4.98 Å². The maximum atomic E-state index is 13.2. The maximum Gasteiger partial charge on any atom is 0.269 e. The first kappa shape index (κ1) is 22.5. The number of aromatic amines is 1. The Labute approximate surface area is 210 Å². The number of benzene rings is 2. The number of fused-ring (bicyclic) bond motifs is 5. The summed E-state index contributed by atoms with van der Waals surface area (Å²) in [7, 11) is 0. The number of H-pyrrole nitrogens is 1. The zero-order chi connectivity index (χ0) is 24.6. The average molecular weight is 478 g/mol. The van der Waals surface area contributed by atoms with Crippen LogP contribution in [0, 0.1) is 6.92 Å². The number of aromatic nitrogens is 3. The van der Waals surface area contributed by atoms with Gasteiger partial charge in [-0.3, -0.25) is 9.78 Å². The lowest BCUT2D eigenvalue weighted by atomic mass is 9.92. The molecule has 0 bridgehead atoms. The molecule has 3 N–H and O–H groups in total. The molecule has 0 fully saturated rings. The molecule has 0 saturated heterocycles. The summed E-state index contributed by atoms with van der Waals surface area (Å²) in [6, 6.07) is 18.5. The molecule has 1 aliphatic rings. The van der Waals surface area contributed by atoms with E-state index < -0.39 is 0 Å². The van der Waals surface area contributed by atoms with E-state index in [1.165, 1.54) is 29.8 Å². The summed E-state index contributed by atoms with van der Waals surface area (Å²) in [5.41, 5.74) is 8.09. The molecule has 1 atom stereocenters. The molecule has 3 aromatic heterocycles. The Morgan fingerprint density at radius 2 is 1.78 bits per heavy atom. The molecule has 5 aromatic rings. The summed E-state index contributed by atoms with van der Waals surface area (Å²) < 4.78 is 0. The van der Waals surface area contributed by atoms with E-state index in [-0.39, 0.29) is 11.9 Å². The summed E-state index contributed by atoms with van der Waals surface area (Å²) in [6.07, 6.45) is 5.35. The molecule has 1 unspecified atom stereocenters. The van der Waals surface area contributed by atoms with Gasteiger partial charge in [0.15, 0.2) is 0 Å². The highest BCUT2D eigenvalue weighted by Gasteiger charge is 2.21. The smallest absolute Gasteiger partial charge is 0.269 e. The van der Waals surface area contributed by atoms with E-state index in [9.17, 15) is 4.79 Å². The normalized spacial score (nSPS) is 14.2. The van der Waals surface area contributed by atoms with Gasteiger partial charge in [0.1, 0.15) is 5.69 Å². The van der Waals surface area contributed by atoms with Crippen molar-refractivity contribution in [1.82, 2.24) is 20.3 Å². The summed E-state index contributed by atoms with van der Waals surface area (Å²) in [6.45, 7) is 4.62. The first-order chi connectivity index (χ1) is 17.6. The topological polar surface area (TPSA) is 82.7 Å². The van der Waals surface area contributed by atoms with Crippen molar-refractivity contribution in [1.29, 1.82) is 0 Å². The molecule has 2 aromatic carbocycles. The fourth-order valence-corrected chi connectivity index (χ4v) is 5.47. The van der Waals surface area contributed by atoms with Gasteiger partial charge >= 0.3 is 0 Å². The van der Waals surface area contributed by atoms with Crippen molar-refractivity contribution in [2.45, 2.75) is 52.0 Å². The molecule has 182 valence electrons. The van der Waals surface area contributed by atoms with Crippen molar-refractivity contribution < 1.29 is 4.79 Å². The second kappa shape index (κ2) is 9.26. The monoisotopic (exact) mass is 477 g/mol. The van der Waals surface area contributed by atoms with Gasteiger partial charge in [0.05, 0.1) is 16.7 Å². The molecule has 0 spiro atoms. The van der Waals surface area contributed by atoms with Crippen molar-refractivity contribution in [3.8, 4) is 0 Å². The van der Waals surface area contributed by atoms with Gasteiger partial charge in [0, 0.05) is 45.6 Å². The Morgan fingerprint density at radius 3 is 2.64 bits per heavy atom. The number of pyridine rings is 2. The first-order valence-corrected chi connectivity index (χ1v) is 13.0. The molecular weight excluding hydrogens is 446 g/mol. The van der Waals surface area contributed by atoms with E-state index in [2.05, 4.69) is 51.8 Å². The van der Waals surface area contributed by atoms with Gasteiger partial charge in [0.25, 0.3) is 5.91 Å². The van der Waals surface area contributed by atoms with E-state index in [1.807, 2.05) is 37.3 Å². The highest BCUT2D eigenvalue weighted by Crippen LogP contribution is 2.34. The van der Waals surface area contributed by atoms with E-state index in [1.54, 1.807) is 0 Å². The average Bonchev–Trinajstić information content (AvgIpc) is 3.29. The number of nitrogens with zero attached hydrogens (tertiary/aromatic N) is 2. The Kier molecular flexibility index (Phi) is 5.80. The molecule has 6 rings (SSSR count). The molecular formula is C30H31N5O. The van der Waals surface area contributed by atoms with Crippen molar-refractivity contribution in [2.75, 3.05) is 11.9 Å². The predicted molar refractivity (Wildman–Crippen MR) is 147 cm³/mol. The van der Waals surface area contributed by atoms with Crippen LogP contribution in [0.3, 0.4) is 0 Å². The zero-order valence-corrected chi connectivity index (χ0v) is 20.8. The lowest BCUT2D eigenvalue weighted by Crippen LogP contribution is -2.37. The molecule has 1 amide bonds. The summed E-state index contributed by atoms with van der Waals surface area (Å²) in [4.78, 5) is 26.2. The second-order valence-electron chi connectivity index (χ2n) is 9.78. The third kappa shape index (κ3) is 3.96. The Morgan fingerprint density at radius 1 is 1.00 bits per heavy atom. The van der Waals surface area contributed by atoms with E-state index in [0.717, 1.165) is 57.7 Å². The van der Waals surface area contributed by atoms with Gasteiger partial charge in [-0.15, -0.1) is 0 Å². The van der Waals surface area contributed by atoms with Crippen LogP contribution in [-0.4, -0.2) is 33.4 Å². The SMILES string of the molecule is CCC(CNC(=O)c1cc2c([nH]c3ccccc32)c(C)n1)Nc1c2c(nc3ccccc13)CCCC2. The maximum absolute atomic E-state index is 13.2. The van der Waals surface area contributed by atoms with Crippen LogP contribution in [-0.2, 0) is 12.8 Å². The molecule has 0 radical (unpaired) electrons. The van der Waals surface area contributed by atoms with Gasteiger partial charge in [-0.1, -0.05) is 43.3 Å². The number of anilines is 1. The molecule has 0 aliphatic heterocycles. The van der Waals surface area contributed by atoms with Gasteiger partial charge < -0.3 is 15.6 Å². The number of para-hydroxylation sites is 2. The summed E-state index contributed by atoms with van der Waals surface area (Å²) >= 11 is 0. The first-order valence-electron chi connectivity index (χ1n) is 13.0. The van der Waals surface area contributed by atoms with E-state index in [4.69, 9.17) is 4.98 Å². The number of carbonyl (C=O) groups is 1. The standard InChI is InChI=1S/C30H31N5O/c1-3-19(33-29-21-11-5-8-14-25(21)34-26-15-9-6-12-22(26)29)17-31-30(36)27-16-23-20-10-4-7-13-24(20)35-28(23)18(2)32-27/h4-5,7-8,10-11,13-14,16,19,35H,3,6,9,12,15,17H2,1-2H3,(H,31,36)(H,33,34). The van der Waals surface area contributed by atoms with E-state index in [0.29, 0.717) is 12.2 Å². The van der Waals surface area contributed by atoms with Gasteiger partial charge in [0.2, 0.25) is 0 Å².